The zero-order valence-corrected chi connectivity index (χ0v) is 8.22. The molecule has 0 saturated carbocycles. The largest absolute Gasteiger partial charge is 0.0993 e. The molecule has 1 atom stereocenters. The van der Waals surface area contributed by atoms with E-state index in [1.807, 2.05) is 0 Å². The third-order valence-corrected chi connectivity index (χ3v) is 2.04. The highest BCUT2D eigenvalue weighted by Crippen LogP contribution is 2.22. The Bertz CT molecular complexity index is 140. The van der Waals surface area contributed by atoms with Crippen LogP contribution in [0.25, 0.3) is 0 Å². The molecule has 0 aromatic rings. The SMILES string of the molecule is C=C(CC)C(/C=C\C)C(C)C. The number of hydrogen-bond acceptors (Lipinski definition) is 0. The predicted molar refractivity (Wildman–Crippen MR) is 52.6 cm³/mol. The van der Waals surface area contributed by atoms with Crippen LogP contribution in [0.4, 0.5) is 0 Å². The van der Waals surface area contributed by atoms with Gasteiger partial charge in [0.1, 0.15) is 0 Å². The summed E-state index contributed by atoms with van der Waals surface area (Å²) in [6.45, 7) is 12.8. The Hall–Kier alpha value is -0.520. The van der Waals surface area contributed by atoms with Crippen LogP contribution in [-0.2, 0) is 0 Å². The molecule has 0 aromatic carbocycles. The second-order valence-electron chi connectivity index (χ2n) is 3.31. The molecule has 0 rings (SSSR count). The van der Waals surface area contributed by atoms with Gasteiger partial charge in [0.2, 0.25) is 0 Å². The smallest absolute Gasteiger partial charge is 0.000315 e. The molecule has 0 aliphatic rings. The fraction of sp³-hybridized carbons (Fsp3) is 0.636. The predicted octanol–water partition coefficient (Wildman–Crippen LogP) is 3.80. The van der Waals surface area contributed by atoms with Crippen LogP contribution in [0, 0.1) is 11.8 Å². The molecule has 0 aliphatic heterocycles. The standard InChI is InChI=1S/C11H20/c1-6-8-11(9(3)4)10(5)7-2/h6,8-9,11H,5,7H2,1-4H3/b8-6-. The van der Waals surface area contributed by atoms with Crippen LogP contribution in [0.2, 0.25) is 0 Å². The lowest BCUT2D eigenvalue weighted by atomic mass is 9.87. The summed E-state index contributed by atoms with van der Waals surface area (Å²) in [5, 5.41) is 0. The van der Waals surface area contributed by atoms with Crippen LogP contribution in [0.5, 0.6) is 0 Å². The topological polar surface area (TPSA) is 0 Å². The average molecular weight is 152 g/mol. The van der Waals surface area contributed by atoms with Crippen molar-refractivity contribution in [3.05, 3.63) is 24.3 Å². The zero-order valence-electron chi connectivity index (χ0n) is 8.22. The van der Waals surface area contributed by atoms with Gasteiger partial charge >= 0.3 is 0 Å². The van der Waals surface area contributed by atoms with Gasteiger partial charge in [0.05, 0.1) is 0 Å². The fourth-order valence-electron chi connectivity index (χ4n) is 1.27. The van der Waals surface area contributed by atoms with Gasteiger partial charge < -0.3 is 0 Å². The van der Waals surface area contributed by atoms with E-state index >= 15 is 0 Å². The summed E-state index contributed by atoms with van der Waals surface area (Å²) < 4.78 is 0. The van der Waals surface area contributed by atoms with Gasteiger partial charge in [-0.25, -0.2) is 0 Å². The van der Waals surface area contributed by atoms with E-state index in [2.05, 4.69) is 46.4 Å². The van der Waals surface area contributed by atoms with Gasteiger partial charge in [0.25, 0.3) is 0 Å². The Kier molecular flexibility index (Phi) is 4.93. The van der Waals surface area contributed by atoms with Crippen molar-refractivity contribution in [3.8, 4) is 0 Å². The summed E-state index contributed by atoms with van der Waals surface area (Å²) in [5.74, 6) is 1.25. The lowest BCUT2D eigenvalue weighted by molar-refractivity contribution is 0.516. The molecular weight excluding hydrogens is 132 g/mol. The third-order valence-electron chi connectivity index (χ3n) is 2.04. The lowest BCUT2D eigenvalue weighted by Crippen LogP contribution is -2.07. The van der Waals surface area contributed by atoms with E-state index in [0.717, 1.165) is 6.42 Å². The molecule has 0 aliphatic carbocycles. The summed E-state index contributed by atoms with van der Waals surface area (Å²) in [6, 6.07) is 0. The summed E-state index contributed by atoms with van der Waals surface area (Å²) in [7, 11) is 0. The van der Waals surface area contributed by atoms with Gasteiger partial charge in [-0.05, 0) is 25.2 Å². The van der Waals surface area contributed by atoms with Crippen molar-refractivity contribution >= 4 is 0 Å². The summed E-state index contributed by atoms with van der Waals surface area (Å²) in [6.07, 6.45) is 5.45. The minimum Gasteiger partial charge on any atom is -0.0993 e. The van der Waals surface area contributed by atoms with Crippen molar-refractivity contribution in [2.45, 2.75) is 34.1 Å². The second kappa shape index (κ2) is 5.17. The molecule has 11 heavy (non-hydrogen) atoms. The van der Waals surface area contributed by atoms with Crippen LogP contribution in [0.15, 0.2) is 24.3 Å². The maximum atomic E-state index is 4.06. The summed E-state index contributed by atoms with van der Waals surface area (Å²) >= 11 is 0. The fourth-order valence-corrected chi connectivity index (χ4v) is 1.27. The second-order valence-corrected chi connectivity index (χ2v) is 3.31. The maximum Gasteiger partial charge on any atom is -0.000315 e. The van der Waals surface area contributed by atoms with Gasteiger partial charge in [-0.1, -0.05) is 45.1 Å². The molecule has 64 valence electrons. The highest BCUT2D eigenvalue weighted by atomic mass is 14.2. The Morgan fingerprint density at radius 2 is 2.00 bits per heavy atom. The van der Waals surface area contributed by atoms with Crippen LogP contribution < -0.4 is 0 Å². The van der Waals surface area contributed by atoms with E-state index in [4.69, 9.17) is 0 Å². The van der Waals surface area contributed by atoms with Crippen LogP contribution >= 0.6 is 0 Å². The molecule has 0 nitrogen and oxygen atoms in total. The van der Waals surface area contributed by atoms with Gasteiger partial charge in [-0.15, -0.1) is 0 Å². The number of allylic oxidation sites excluding steroid dienone is 3. The van der Waals surface area contributed by atoms with E-state index in [9.17, 15) is 0 Å². The summed E-state index contributed by atoms with van der Waals surface area (Å²) in [4.78, 5) is 0. The van der Waals surface area contributed by atoms with Crippen LogP contribution in [-0.4, -0.2) is 0 Å². The normalized spacial score (nSPS) is 14.3. The van der Waals surface area contributed by atoms with E-state index in [0.29, 0.717) is 11.8 Å². The van der Waals surface area contributed by atoms with Crippen molar-refractivity contribution < 1.29 is 0 Å². The Balaban J connectivity index is 4.21. The molecule has 0 amide bonds. The monoisotopic (exact) mass is 152 g/mol. The minimum atomic E-state index is 0.574. The van der Waals surface area contributed by atoms with Crippen molar-refractivity contribution in [2.24, 2.45) is 11.8 Å². The zero-order chi connectivity index (χ0) is 8.85. The first-order valence-electron chi connectivity index (χ1n) is 4.43. The van der Waals surface area contributed by atoms with E-state index < -0.39 is 0 Å². The van der Waals surface area contributed by atoms with Crippen LogP contribution in [0.3, 0.4) is 0 Å². The summed E-state index contributed by atoms with van der Waals surface area (Å²) in [5.41, 5.74) is 1.35. The van der Waals surface area contributed by atoms with Gasteiger partial charge in [0, 0.05) is 0 Å². The first kappa shape index (κ1) is 10.5. The molecule has 0 saturated heterocycles. The lowest BCUT2D eigenvalue weighted by Gasteiger charge is -2.18. The Morgan fingerprint density at radius 1 is 1.45 bits per heavy atom. The third kappa shape index (κ3) is 3.41. The molecule has 0 aromatic heterocycles. The van der Waals surface area contributed by atoms with Crippen molar-refractivity contribution in [1.29, 1.82) is 0 Å². The minimum absolute atomic E-state index is 0.574. The van der Waals surface area contributed by atoms with E-state index in [1.54, 1.807) is 0 Å². The molecule has 0 bridgehead atoms. The molecule has 0 heterocycles. The molecule has 0 spiro atoms. The Morgan fingerprint density at radius 3 is 2.27 bits per heavy atom. The number of hydrogen-bond donors (Lipinski definition) is 0. The van der Waals surface area contributed by atoms with E-state index in [1.165, 1.54) is 5.57 Å². The first-order valence-corrected chi connectivity index (χ1v) is 4.43. The van der Waals surface area contributed by atoms with Crippen molar-refractivity contribution in [3.63, 3.8) is 0 Å². The van der Waals surface area contributed by atoms with Crippen LogP contribution in [0.1, 0.15) is 34.1 Å². The van der Waals surface area contributed by atoms with E-state index in [-0.39, 0.29) is 0 Å². The van der Waals surface area contributed by atoms with Gasteiger partial charge in [0.15, 0.2) is 0 Å². The van der Waals surface area contributed by atoms with Crippen molar-refractivity contribution in [1.82, 2.24) is 0 Å². The molecule has 0 radical (unpaired) electrons. The highest BCUT2D eigenvalue weighted by molar-refractivity contribution is 5.09. The quantitative estimate of drug-likeness (QED) is 0.537. The Labute approximate surface area is 71.0 Å². The molecule has 1 unspecified atom stereocenters. The molecule has 0 fully saturated rings. The molecule has 0 heteroatoms. The first-order chi connectivity index (χ1) is 5.13. The number of rotatable bonds is 4. The van der Waals surface area contributed by atoms with Gasteiger partial charge in [-0.2, -0.15) is 0 Å². The van der Waals surface area contributed by atoms with Crippen molar-refractivity contribution in [2.75, 3.05) is 0 Å². The highest BCUT2D eigenvalue weighted by Gasteiger charge is 2.10. The maximum absolute atomic E-state index is 4.06. The molecule has 0 N–H and O–H groups in total. The average Bonchev–Trinajstić information content (AvgIpc) is 1.98. The van der Waals surface area contributed by atoms with Gasteiger partial charge in [-0.3, -0.25) is 0 Å². The molecular formula is C11H20.